The number of hydrogen-bond acceptors (Lipinski definition) is 4. The molecule has 1 spiro atoms. The molecule has 30 heavy (non-hydrogen) atoms. The third kappa shape index (κ3) is 4.59. The molecule has 2 aliphatic heterocycles. The van der Waals surface area contributed by atoms with Crippen molar-refractivity contribution < 1.29 is 9.59 Å². The van der Waals surface area contributed by atoms with Crippen molar-refractivity contribution in [3.05, 3.63) is 42.2 Å². The lowest BCUT2D eigenvalue weighted by Gasteiger charge is -2.44. The summed E-state index contributed by atoms with van der Waals surface area (Å²) >= 11 is 0. The van der Waals surface area contributed by atoms with Gasteiger partial charge in [0.05, 0.1) is 12.2 Å². The smallest absolute Gasteiger partial charge is 0.309 e. The van der Waals surface area contributed by atoms with Gasteiger partial charge in [-0.1, -0.05) is 25.5 Å². The Morgan fingerprint density at radius 3 is 2.47 bits per heavy atom. The van der Waals surface area contributed by atoms with Gasteiger partial charge in [-0.25, -0.2) is 4.79 Å². The molecule has 2 aliphatic rings. The molecule has 0 aromatic carbocycles. The van der Waals surface area contributed by atoms with E-state index in [0.717, 1.165) is 31.6 Å². The van der Waals surface area contributed by atoms with Crippen LogP contribution in [0.4, 0.5) is 4.79 Å². The molecule has 0 saturated carbocycles. The number of carbonyl (C=O) groups is 2. The number of aromatic nitrogens is 1. The van der Waals surface area contributed by atoms with E-state index in [4.69, 9.17) is 0 Å². The van der Waals surface area contributed by atoms with Gasteiger partial charge in [0.1, 0.15) is 5.54 Å². The van der Waals surface area contributed by atoms with Crippen molar-refractivity contribution in [1.82, 2.24) is 19.7 Å². The van der Waals surface area contributed by atoms with Crippen molar-refractivity contribution in [2.75, 3.05) is 19.6 Å². The molecule has 3 rings (SSSR count). The van der Waals surface area contributed by atoms with Crippen molar-refractivity contribution in [1.29, 1.82) is 0 Å². The zero-order valence-electron chi connectivity index (χ0n) is 18.9. The first-order chi connectivity index (χ1) is 14.2. The Morgan fingerprint density at radius 2 is 1.90 bits per heavy atom. The third-order valence-corrected chi connectivity index (χ3v) is 6.45. The molecule has 164 valence electrons. The molecule has 6 nitrogen and oxygen atoms in total. The van der Waals surface area contributed by atoms with Crippen LogP contribution in [-0.2, 0) is 11.3 Å². The van der Waals surface area contributed by atoms with Crippen LogP contribution in [0.1, 0.15) is 59.1 Å². The van der Waals surface area contributed by atoms with Crippen LogP contribution in [0.15, 0.2) is 36.5 Å². The summed E-state index contributed by atoms with van der Waals surface area (Å²) in [4.78, 5) is 36.9. The van der Waals surface area contributed by atoms with Crippen LogP contribution < -0.4 is 0 Å². The Bertz CT molecular complexity index is 769. The van der Waals surface area contributed by atoms with Crippen LogP contribution in [0.3, 0.4) is 0 Å². The molecule has 1 atom stereocenters. The number of carbonyl (C=O) groups excluding carboxylic acids is 2. The summed E-state index contributed by atoms with van der Waals surface area (Å²) in [5, 5.41) is 0. The lowest BCUT2D eigenvalue weighted by atomic mass is 9.84. The molecule has 3 amide bonds. The first-order valence-corrected chi connectivity index (χ1v) is 11.2. The second-order valence-corrected chi connectivity index (χ2v) is 9.41. The van der Waals surface area contributed by atoms with Gasteiger partial charge in [-0.15, -0.1) is 6.58 Å². The van der Waals surface area contributed by atoms with Crippen LogP contribution in [0.5, 0.6) is 0 Å². The second-order valence-electron chi connectivity index (χ2n) is 9.41. The van der Waals surface area contributed by atoms with Crippen LogP contribution in [0.2, 0.25) is 0 Å². The van der Waals surface area contributed by atoms with Crippen LogP contribution in [0.25, 0.3) is 0 Å². The number of allylic oxidation sites excluding steroid dienone is 1. The molecule has 1 unspecified atom stereocenters. The van der Waals surface area contributed by atoms with E-state index >= 15 is 0 Å². The van der Waals surface area contributed by atoms with Gasteiger partial charge in [0.25, 0.3) is 5.91 Å². The summed E-state index contributed by atoms with van der Waals surface area (Å²) in [6, 6.07) is 5.89. The molecular formula is C24H36N4O2. The number of imide groups is 1. The first kappa shape index (κ1) is 22.5. The summed E-state index contributed by atoms with van der Waals surface area (Å²) in [6.07, 6.45) is 5.20. The van der Waals surface area contributed by atoms with Crippen molar-refractivity contribution in [2.24, 2.45) is 5.92 Å². The maximum absolute atomic E-state index is 13.6. The number of piperidine rings is 1. The van der Waals surface area contributed by atoms with Gasteiger partial charge < -0.3 is 9.80 Å². The maximum Gasteiger partial charge on any atom is 0.328 e. The fourth-order valence-corrected chi connectivity index (χ4v) is 4.65. The van der Waals surface area contributed by atoms with Gasteiger partial charge in [-0.05, 0) is 57.6 Å². The minimum Gasteiger partial charge on any atom is -0.309 e. The molecule has 6 heteroatoms. The summed E-state index contributed by atoms with van der Waals surface area (Å²) in [5.41, 5.74) is 1.24. The molecule has 1 aromatic rings. The molecule has 0 bridgehead atoms. The highest BCUT2D eigenvalue weighted by Crippen LogP contribution is 2.39. The van der Waals surface area contributed by atoms with E-state index in [9.17, 15) is 9.59 Å². The summed E-state index contributed by atoms with van der Waals surface area (Å²) in [6.45, 7) is 15.1. The van der Waals surface area contributed by atoms with Gasteiger partial charge >= 0.3 is 6.03 Å². The highest BCUT2D eigenvalue weighted by Gasteiger charge is 2.58. The van der Waals surface area contributed by atoms with Gasteiger partial charge in [0.2, 0.25) is 0 Å². The van der Waals surface area contributed by atoms with Gasteiger partial charge in [-0.3, -0.25) is 14.7 Å². The van der Waals surface area contributed by atoms with E-state index in [1.54, 1.807) is 6.20 Å². The number of urea groups is 1. The molecule has 1 aromatic heterocycles. The molecule has 3 heterocycles. The van der Waals surface area contributed by atoms with Crippen molar-refractivity contribution in [3.63, 3.8) is 0 Å². The SMILES string of the molecule is C=C(C)CCC(C)N1CCC2(CC1)C(=O)N(Cc1ccccn1)C(=O)N2CC(C)C. The van der Waals surface area contributed by atoms with Crippen molar-refractivity contribution in [2.45, 2.75) is 71.5 Å². The largest absolute Gasteiger partial charge is 0.328 e. The molecule has 2 saturated heterocycles. The molecule has 0 radical (unpaired) electrons. The fraction of sp³-hybridized carbons (Fsp3) is 0.625. The Morgan fingerprint density at radius 1 is 1.20 bits per heavy atom. The molecule has 0 aliphatic carbocycles. The Hall–Kier alpha value is -2.21. The van der Waals surface area contributed by atoms with Crippen molar-refractivity contribution >= 4 is 11.9 Å². The number of amides is 3. The number of rotatable bonds is 8. The number of nitrogens with zero attached hydrogens (tertiary/aromatic N) is 4. The Kier molecular flexibility index (Phi) is 6.96. The van der Waals surface area contributed by atoms with E-state index in [-0.39, 0.29) is 18.5 Å². The summed E-state index contributed by atoms with van der Waals surface area (Å²) in [7, 11) is 0. The minimum absolute atomic E-state index is 0.0481. The van der Waals surface area contributed by atoms with Crippen LogP contribution >= 0.6 is 0 Å². The fourth-order valence-electron chi connectivity index (χ4n) is 4.65. The molecule has 0 N–H and O–H groups in total. The zero-order chi connectivity index (χ0) is 21.9. The van der Waals surface area contributed by atoms with Crippen LogP contribution in [0, 0.1) is 5.92 Å². The highest BCUT2D eigenvalue weighted by molar-refractivity contribution is 6.07. The van der Waals surface area contributed by atoms with E-state index in [2.05, 4.69) is 44.2 Å². The molecule has 2 fully saturated rings. The Labute approximate surface area is 180 Å². The quantitative estimate of drug-likeness (QED) is 0.477. The second kappa shape index (κ2) is 9.29. The van der Waals surface area contributed by atoms with Gasteiger partial charge in [0, 0.05) is 31.9 Å². The number of hydrogen-bond donors (Lipinski definition) is 0. The lowest BCUT2D eigenvalue weighted by Crippen LogP contribution is -2.58. The zero-order valence-corrected chi connectivity index (χ0v) is 18.9. The monoisotopic (exact) mass is 412 g/mol. The average molecular weight is 413 g/mol. The highest BCUT2D eigenvalue weighted by atomic mass is 16.2. The average Bonchev–Trinajstić information content (AvgIpc) is 2.89. The van der Waals surface area contributed by atoms with E-state index in [1.807, 2.05) is 23.1 Å². The molecular weight excluding hydrogens is 376 g/mol. The normalized spacial score (nSPS) is 20.4. The first-order valence-electron chi connectivity index (χ1n) is 11.2. The lowest BCUT2D eigenvalue weighted by molar-refractivity contribution is -0.136. The van der Waals surface area contributed by atoms with E-state index in [0.29, 0.717) is 31.3 Å². The number of likely N-dealkylation sites (tertiary alicyclic amines) is 1. The van der Waals surface area contributed by atoms with Gasteiger partial charge in [-0.2, -0.15) is 0 Å². The summed E-state index contributed by atoms with van der Waals surface area (Å²) < 4.78 is 0. The topological polar surface area (TPSA) is 56.8 Å². The maximum atomic E-state index is 13.6. The predicted octanol–water partition coefficient (Wildman–Crippen LogP) is 4.08. The number of pyridine rings is 1. The Balaban J connectivity index is 1.77. The van der Waals surface area contributed by atoms with Gasteiger partial charge in [0.15, 0.2) is 0 Å². The van der Waals surface area contributed by atoms with Crippen LogP contribution in [-0.4, -0.2) is 62.8 Å². The third-order valence-electron chi connectivity index (χ3n) is 6.45. The standard InChI is InChI=1S/C24H36N4O2/c1-18(2)9-10-20(5)26-14-11-24(12-15-26)22(29)27(17-21-8-6-7-13-25-21)23(30)28(24)16-19(3)4/h6-8,13,19-20H,1,9-12,14-17H2,2-5H3. The summed E-state index contributed by atoms with van der Waals surface area (Å²) in [5.74, 6) is 0.258. The van der Waals surface area contributed by atoms with E-state index in [1.165, 1.54) is 10.5 Å². The van der Waals surface area contributed by atoms with Crippen molar-refractivity contribution in [3.8, 4) is 0 Å². The minimum atomic E-state index is -0.708. The predicted molar refractivity (Wildman–Crippen MR) is 119 cm³/mol. The van der Waals surface area contributed by atoms with E-state index < -0.39 is 5.54 Å².